The summed E-state index contributed by atoms with van der Waals surface area (Å²) in [6.45, 7) is 0. The molecular formula is C16H8ClNO2. The summed E-state index contributed by atoms with van der Waals surface area (Å²) >= 11 is 5.96. The smallest absolute Gasteiger partial charge is 0.256 e. The molecule has 1 N–H and O–H groups in total. The van der Waals surface area contributed by atoms with Crippen molar-refractivity contribution in [2.24, 2.45) is 0 Å². The summed E-state index contributed by atoms with van der Waals surface area (Å²) in [6.07, 6.45) is 0. The van der Waals surface area contributed by atoms with Crippen LogP contribution in [0.1, 0.15) is 16.1 Å². The minimum atomic E-state index is -0.244. The van der Waals surface area contributed by atoms with Crippen molar-refractivity contribution in [3.05, 3.63) is 69.1 Å². The molecule has 0 fully saturated rings. The molecule has 4 rings (SSSR count). The van der Waals surface area contributed by atoms with Gasteiger partial charge in [-0.05, 0) is 29.1 Å². The van der Waals surface area contributed by atoms with Crippen molar-refractivity contribution in [3.63, 3.8) is 0 Å². The number of hydrogen-bond donors (Lipinski definition) is 1. The van der Waals surface area contributed by atoms with E-state index in [2.05, 4.69) is 4.98 Å². The number of fused-ring (bicyclic) bond motifs is 5. The van der Waals surface area contributed by atoms with E-state index in [1.165, 1.54) is 0 Å². The van der Waals surface area contributed by atoms with Gasteiger partial charge >= 0.3 is 0 Å². The fourth-order valence-electron chi connectivity index (χ4n) is 2.78. The predicted molar refractivity (Wildman–Crippen MR) is 78.4 cm³/mol. The second-order valence-electron chi connectivity index (χ2n) is 4.77. The highest BCUT2D eigenvalue weighted by Crippen LogP contribution is 2.39. The number of aromatic nitrogens is 1. The minimum absolute atomic E-state index is 0.180. The highest BCUT2D eigenvalue weighted by atomic mass is 35.5. The topological polar surface area (TPSA) is 49.9 Å². The first-order valence-corrected chi connectivity index (χ1v) is 6.54. The first-order valence-electron chi connectivity index (χ1n) is 6.16. The fourth-order valence-corrected chi connectivity index (χ4v) is 2.96. The molecule has 0 amide bonds. The zero-order chi connectivity index (χ0) is 13.9. The maximum atomic E-state index is 12.4. The summed E-state index contributed by atoms with van der Waals surface area (Å²) in [7, 11) is 0. The normalized spacial score (nSPS) is 12.6. The quantitative estimate of drug-likeness (QED) is 0.537. The Balaban J connectivity index is 2.23. The van der Waals surface area contributed by atoms with E-state index in [1.807, 2.05) is 24.3 Å². The van der Waals surface area contributed by atoms with Crippen LogP contribution in [0.25, 0.3) is 21.9 Å². The maximum Gasteiger partial charge on any atom is 0.256 e. The van der Waals surface area contributed by atoms with Gasteiger partial charge in [0.05, 0.1) is 5.69 Å². The second kappa shape index (κ2) is 3.81. The molecule has 0 aliphatic heterocycles. The van der Waals surface area contributed by atoms with Crippen molar-refractivity contribution in [2.45, 2.75) is 0 Å². The lowest BCUT2D eigenvalue weighted by molar-refractivity contribution is 0.103. The number of carbonyl (C=O) groups is 1. The number of pyridine rings is 1. The van der Waals surface area contributed by atoms with E-state index in [0.29, 0.717) is 21.7 Å². The highest BCUT2D eigenvalue weighted by molar-refractivity contribution is 6.32. The third kappa shape index (κ3) is 1.35. The van der Waals surface area contributed by atoms with E-state index in [-0.39, 0.29) is 11.3 Å². The van der Waals surface area contributed by atoms with Gasteiger partial charge in [-0.1, -0.05) is 35.9 Å². The third-order valence-electron chi connectivity index (χ3n) is 3.65. The molecule has 0 radical (unpaired) electrons. The van der Waals surface area contributed by atoms with Crippen LogP contribution in [0.2, 0.25) is 5.02 Å². The first kappa shape index (κ1) is 11.4. The number of halogens is 1. The summed E-state index contributed by atoms with van der Waals surface area (Å²) < 4.78 is 0. The predicted octanol–water partition coefficient (Wildman–Crippen LogP) is 3.39. The van der Waals surface area contributed by atoms with Gasteiger partial charge in [0.2, 0.25) is 5.78 Å². The SMILES string of the molecule is O=C1c2cc(Cl)ccc2-c2c1[nH]c(=O)c1ccccc21. The van der Waals surface area contributed by atoms with Crippen molar-refractivity contribution in [3.8, 4) is 11.1 Å². The lowest BCUT2D eigenvalue weighted by atomic mass is 10.0. The molecule has 2 aromatic carbocycles. The van der Waals surface area contributed by atoms with Crippen molar-refractivity contribution < 1.29 is 4.79 Å². The van der Waals surface area contributed by atoms with Crippen molar-refractivity contribution in [2.75, 3.05) is 0 Å². The fraction of sp³-hybridized carbons (Fsp3) is 0. The van der Waals surface area contributed by atoms with E-state index in [1.54, 1.807) is 18.2 Å². The Morgan fingerprint density at radius 1 is 0.900 bits per heavy atom. The number of carbonyl (C=O) groups excluding carboxylic acids is 1. The van der Waals surface area contributed by atoms with Crippen LogP contribution in [-0.2, 0) is 0 Å². The van der Waals surface area contributed by atoms with Gasteiger partial charge in [0.1, 0.15) is 0 Å². The van der Waals surface area contributed by atoms with E-state index in [0.717, 1.165) is 16.5 Å². The molecule has 0 unspecified atom stereocenters. The number of rotatable bonds is 0. The molecule has 3 aromatic rings. The molecule has 1 heterocycles. The van der Waals surface area contributed by atoms with Crippen LogP contribution >= 0.6 is 11.6 Å². The van der Waals surface area contributed by atoms with Gasteiger partial charge in [0.15, 0.2) is 0 Å². The number of ketones is 1. The van der Waals surface area contributed by atoms with E-state index in [4.69, 9.17) is 11.6 Å². The van der Waals surface area contributed by atoms with Gasteiger partial charge in [-0.25, -0.2) is 0 Å². The molecule has 20 heavy (non-hydrogen) atoms. The van der Waals surface area contributed by atoms with Gasteiger partial charge in [-0.15, -0.1) is 0 Å². The minimum Gasteiger partial charge on any atom is -0.318 e. The summed E-state index contributed by atoms with van der Waals surface area (Å²) in [5.41, 5.74) is 2.26. The molecule has 0 atom stereocenters. The molecule has 0 saturated heterocycles. The average molecular weight is 282 g/mol. The Morgan fingerprint density at radius 2 is 1.65 bits per heavy atom. The van der Waals surface area contributed by atoms with Gasteiger partial charge in [0, 0.05) is 21.5 Å². The number of nitrogens with one attached hydrogen (secondary N) is 1. The van der Waals surface area contributed by atoms with Crippen LogP contribution in [0.15, 0.2) is 47.3 Å². The van der Waals surface area contributed by atoms with Gasteiger partial charge in [0.25, 0.3) is 5.56 Å². The van der Waals surface area contributed by atoms with E-state index in [9.17, 15) is 9.59 Å². The van der Waals surface area contributed by atoms with E-state index >= 15 is 0 Å². The molecule has 0 spiro atoms. The van der Waals surface area contributed by atoms with Crippen LogP contribution in [0.3, 0.4) is 0 Å². The Morgan fingerprint density at radius 3 is 2.45 bits per heavy atom. The summed E-state index contributed by atoms with van der Waals surface area (Å²) in [5.74, 6) is -0.180. The summed E-state index contributed by atoms with van der Waals surface area (Å²) in [6, 6.07) is 12.5. The second-order valence-corrected chi connectivity index (χ2v) is 5.21. The summed E-state index contributed by atoms with van der Waals surface area (Å²) in [4.78, 5) is 27.2. The van der Waals surface area contributed by atoms with Crippen LogP contribution < -0.4 is 5.56 Å². The largest absolute Gasteiger partial charge is 0.318 e. The lowest BCUT2D eigenvalue weighted by Gasteiger charge is -2.05. The Bertz CT molecular complexity index is 956. The molecule has 3 nitrogen and oxygen atoms in total. The monoisotopic (exact) mass is 281 g/mol. The molecular weight excluding hydrogens is 274 g/mol. The Labute approximate surface area is 118 Å². The number of benzene rings is 2. The number of hydrogen-bond acceptors (Lipinski definition) is 2. The van der Waals surface area contributed by atoms with Gasteiger partial charge in [-0.3, -0.25) is 9.59 Å². The number of H-pyrrole nitrogens is 1. The molecule has 0 bridgehead atoms. The van der Waals surface area contributed by atoms with Crippen molar-refractivity contribution in [1.82, 2.24) is 4.98 Å². The van der Waals surface area contributed by atoms with Crippen LogP contribution in [0.4, 0.5) is 0 Å². The van der Waals surface area contributed by atoms with Gasteiger partial charge < -0.3 is 4.98 Å². The van der Waals surface area contributed by atoms with Crippen LogP contribution in [0.5, 0.6) is 0 Å². The van der Waals surface area contributed by atoms with Crippen molar-refractivity contribution in [1.29, 1.82) is 0 Å². The zero-order valence-electron chi connectivity index (χ0n) is 10.2. The first-order chi connectivity index (χ1) is 9.66. The van der Waals surface area contributed by atoms with Crippen molar-refractivity contribution >= 4 is 28.2 Å². The molecule has 96 valence electrons. The Hall–Kier alpha value is -2.39. The average Bonchev–Trinajstić information content (AvgIpc) is 2.73. The third-order valence-corrected chi connectivity index (χ3v) is 3.89. The highest BCUT2D eigenvalue weighted by Gasteiger charge is 2.29. The van der Waals surface area contributed by atoms with Crippen LogP contribution in [-0.4, -0.2) is 10.8 Å². The van der Waals surface area contributed by atoms with E-state index < -0.39 is 0 Å². The summed E-state index contributed by atoms with van der Waals surface area (Å²) in [5, 5.41) is 1.89. The zero-order valence-corrected chi connectivity index (χ0v) is 11.0. The Kier molecular flexibility index (Phi) is 2.18. The molecule has 0 saturated carbocycles. The number of aromatic amines is 1. The molecule has 1 aromatic heterocycles. The van der Waals surface area contributed by atoms with Gasteiger partial charge in [-0.2, -0.15) is 0 Å². The molecule has 1 aliphatic carbocycles. The molecule has 4 heteroatoms. The maximum absolute atomic E-state index is 12.4. The van der Waals surface area contributed by atoms with Crippen LogP contribution in [0, 0.1) is 0 Å². The standard InChI is InChI=1S/C16H8ClNO2/c17-8-5-6-10-12(7-8)15(19)14-13(10)9-3-1-2-4-11(9)16(20)18-14/h1-7H,(H,18,20). The molecule has 1 aliphatic rings. The lowest BCUT2D eigenvalue weighted by Crippen LogP contribution is -2.11.